The maximum atomic E-state index is 13.0. The molecule has 8 nitrogen and oxygen atoms in total. The predicted molar refractivity (Wildman–Crippen MR) is 127 cm³/mol. The van der Waals surface area contributed by atoms with Gasteiger partial charge in [-0.2, -0.15) is 0 Å². The Labute approximate surface area is 191 Å². The molecule has 3 aromatic rings. The van der Waals surface area contributed by atoms with E-state index in [1.165, 1.54) is 30.5 Å². The molecule has 0 bridgehead atoms. The summed E-state index contributed by atoms with van der Waals surface area (Å²) in [4.78, 5) is 30.2. The third-order valence-corrected chi connectivity index (χ3v) is 6.01. The molecule has 0 aliphatic carbocycles. The highest BCUT2D eigenvalue weighted by Gasteiger charge is 2.30. The van der Waals surface area contributed by atoms with Gasteiger partial charge in [0.1, 0.15) is 0 Å². The van der Waals surface area contributed by atoms with Crippen LogP contribution in [0.15, 0.2) is 67.0 Å². The zero-order valence-corrected chi connectivity index (χ0v) is 18.0. The number of likely N-dealkylation sites (tertiary alicyclic amines) is 1. The number of non-ortho nitro benzene ring substituents is 1. The smallest absolute Gasteiger partial charge is 0.271 e. The Morgan fingerprint density at radius 3 is 2.48 bits per heavy atom. The summed E-state index contributed by atoms with van der Waals surface area (Å²) in [5.74, 6) is -0.310. The molecule has 5 rings (SSSR count). The lowest BCUT2D eigenvalue weighted by Gasteiger charge is -2.17. The zero-order chi connectivity index (χ0) is 22.8. The van der Waals surface area contributed by atoms with Crippen LogP contribution >= 0.6 is 0 Å². The first-order valence-corrected chi connectivity index (χ1v) is 10.9. The second kappa shape index (κ2) is 8.84. The maximum absolute atomic E-state index is 13.0. The van der Waals surface area contributed by atoms with Crippen molar-refractivity contribution < 1.29 is 9.72 Å². The number of amides is 1. The lowest BCUT2D eigenvalue weighted by Crippen LogP contribution is -2.18. The number of nitro groups is 1. The molecule has 1 fully saturated rings. The van der Waals surface area contributed by atoms with Crippen LogP contribution in [0.1, 0.15) is 29.5 Å². The van der Waals surface area contributed by atoms with Gasteiger partial charge < -0.3 is 10.6 Å². The summed E-state index contributed by atoms with van der Waals surface area (Å²) in [5, 5.41) is 17.3. The molecule has 33 heavy (non-hydrogen) atoms. The number of benzene rings is 2. The van der Waals surface area contributed by atoms with Crippen LogP contribution in [0.2, 0.25) is 0 Å². The van der Waals surface area contributed by atoms with Crippen LogP contribution in [0.5, 0.6) is 0 Å². The highest BCUT2D eigenvalue weighted by Crippen LogP contribution is 2.39. The first-order chi connectivity index (χ1) is 16.1. The first-order valence-electron chi connectivity index (χ1n) is 10.9. The number of nitro benzene ring substituents is 1. The number of hydrogen-bond acceptors (Lipinski definition) is 6. The zero-order valence-electron chi connectivity index (χ0n) is 18.0. The van der Waals surface area contributed by atoms with E-state index in [4.69, 9.17) is 0 Å². The largest absolute Gasteiger partial charge is 0.354 e. The summed E-state index contributed by atoms with van der Waals surface area (Å²) in [6.07, 6.45) is 5.85. The van der Waals surface area contributed by atoms with Gasteiger partial charge in [-0.05, 0) is 61.8 Å². The molecule has 0 unspecified atom stereocenters. The average Bonchev–Trinajstić information content (AvgIpc) is 3.45. The van der Waals surface area contributed by atoms with Gasteiger partial charge in [-0.15, -0.1) is 0 Å². The Hall–Kier alpha value is -4.04. The van der Waals surface area contributed by atoms with E-state index in [1.807, 2.05) is 24.3 Å². The van der Waals surface area contributed by atoms with Crippen molar-refractivity contribution in [1.82, 2.24) is 9.88 Å². The van der Waals surface area contributed by atoms with E-state index in [2.05, 4.69) is 32.7 Å². The van der Waals surface area contributed by atoms with Crippen LogP contribution in [0, 0.1) is 10.1 Å². The fraction of sp³-hybridized carbons (Fsp3) is 0.200. The third-order valence-electron chi connectivity index (χ3n) is 6.01. The fourth-order valence-corrected chi connectivity index (χ4v) is 4.36. The van der Waals surface area contributed by atoms with E-state index in [0.717, 1.165) is 30.9 Å². The number of fused-ring (bicyclic) bond motifs is 1. The number of nitrogens with zero attached hydrogens (tertiary/aromatic N) is 3. The topological polar surface area (TPSA) is 100 Å². The monoisotopic (exact) mass is 441 g/mol. The molecule has 2 aromatic carbocycles. The maximum Gasteiger partial charge on any atom is 0.271 e. The van der Waals surface area contributed by atoms with Crippen molar-refractivity contribution in [3.8, 4) is 0 Å². The summed E-state index contributed by atoms with van der Waals surface area (Å²) in [5.41, 5.74) is 4.93. The Morgan fingerprint density at radius 1 is 1.06 bits per heavy atom. The van der Waals surface area contributed by atoms with Crippen molar-refractivity contribution >= 4 is 34.2 Å². The third kappa shape index (κ3) is 4.33. The lowest BCUT2D eigenvalue weighted by molar-refractivity contribution is -0.384. The summed E-state index contributed by atoms with van der Waals surface area (Å²) in [6, 6.07) is 16.3. The van der Waals surface area contributed by atoms with E-state index in [9.17, 15) is 14.9 Å². The fourth-order valence-electron chi connectivity index (χ4n) is 4.36. The van der Waals surface area contributed by atoms with Crippen molar-refractivity contribution in [2.45, 2.75) is 19.4 Å². The SMILES string of the molecule is O=C1Nc2cc([N+](=O)[O-])ccc2/C1=C(/Nc1ccc(CN2CCCC2)cc1)c1ccncc1. The lowest BCUT2D eigenvalue weighted by atomic mass is 10.0. The van der Waals surface area contributed by atoms with Gasteiger partial charge in [0.05, 0.1) is 21.9 Å². The minimum absolute atomic E-state index is 0.0673. The Kier molecular flexibility index (Phi) is 5.58. The molecule has 1 amide bonds. The molecule has 0 saturated carbocycles. The van der Waals surface area contributed by atoms with E-state index in [1.54, 1.807) is 18.5 Å². The predicted octanol–water partition coefficient (Wildman–Crippen LogP) is 4.52. The molecule has 2 N–H and O–H groups in total. The summed E-state index contributed by atoms with van der Waals surface area (Å²) in [6.45, 7) is 3.23. The van der Waals surface area contributed by atoms with Gasteiger partial charge in [0, 0.05) is 47.9 Å². The highest BCUT2D eigenvalue weighted by molar-refractivity contribution is 6.37. The number of carbonyl (C=O) groups excluding carboxylic acids is 1. The number of aromatic nitrogens is 1. The normalized spacial score (nSPS) is 16.9. The Balaban J connectivity index is 1.51. The van der Waals surface area contributed by atoms with Gasteiger partial charge in [-0.1, -0.05) is 12.1 Å². The van der Waals surface area contributed by atoms with Crippen LogP contribution in [0.3, 0.4) is 0 Å². The standard InChI is InChI=1S/C25H23N5O3/c31-25-23(21-8-7-20(30(32)33)15-22(21)28-25)24(18-9-11-26-12-10-18)27-19-5-3-17(4-6-19)16-29-13-1-2-14-29/h3-12,15,27H,1-2,13-14,16H2,(H,28,31)/b24-23-. The molecule has 2 aliphatic heterocycles. The molecule has 0 spiro atoms. The number of carbonyl (C=O) groups is 1. The molecule has 2 aliphatic rings. The van der Waals surface area contributed by atoms with Crippen molar-refractivity contribution in [2.75, 3.05) is 23.7 Å². The molecule has 0 radical (unpaired) electrons. The van der Waals surface area contributed by atoms with Gasteiger partial charge in [0.15, 0.2) is 0 Å². The quantitative estimate of drug-likeness (QED) is 0.331. The van der Waals surface area contributed by atoms with Crippen molar-refractivity contribution in [3.05, 3.63) is 93.8 Å². The molecule has 166 valence electrons. The first kappa shape index (κ1) is 20.8. The van der Waals surface area contributed by atoms with Crippen LogP contribution in [0.4, 0.5) is 17.1 Å². The minimum atomic E-state index is -0.472. The molecule has 1 aromatic heterocycles. The molecule has 1 saturated heterocycles. The van der Waals surface area contributed by atoms with Gasteiger partial charge in [0.25, 0.3) is 11.6 Å². The van der Waals surface area contributed by atoms with E-state index in [-0.39, 0.29) is 11.6 Å². The van der Waals surface area contributed by atoms with Crippen molar-refractivity contribution in [1.29, 1.82) is 0 Å². The molecule has 3 heterocycles. The Morgan fingerprint density at radius 2 is 1.79 bits per heavy atom. The van der Waals surface area contributed by atoms with Gasteiger partial charge in [0.2, 0.25) is 0 Å². The second-order valence-electron chi connectivity index (χ2n) is 8.23. The number of pyridine rings is 1. The summed E-state index contributed by atoms with van der Waals surface area (Å²) >= 11 is 0. The molecule has 8 heteroatoms. The second-order valence-corrected chi connectivity index (χ2v) is 8.23. The molecule has 0 atom stereocenters. The van der Waals surface area contributed by atoms with Crippen LogP contribution in [0.25, 0.3) is 11.3 Å². The van der Waals surface area contributed by atoms with Crippen molar-refractivity contribution in [2.24, 2.45) is 0 Å². The average molecular weight is 441 g/mol. The van der Waals surface area contributed by atoms with Crippen LogP contribution in [-0.4, -0.2) is 33.8 Å². The number of anilines is 2. The van der Waals surface area contributed by atoms with Crippen LogP contribution < -0.4 is 10.6 Å². The highest BCUT2D eigenvalue weighted by atomic mass is 16.6. The van der Waals surface area contributed by atoms with Gasteiger partial charge >= 0.3 is 0 Å². The Bertz CT molecular complexity index is 1230. The van der Waals surface area contributed by atoms with E-state index in [0.29, 0.717) is 22.5 Å². The number of rotatable bonds is 6. The van der Waals surface area contributed by atoms with Gasteiger partial charge in [-0.25, -0.2) is 0 Å². The summed E-state index contributed by atoms with van der Waals surface area (Å²) in [7, 11) is 0. The molecular formula is C25H23N5O3. The van der Waals surface area contributed by atoms with Crippen LogP contribution in [-0.2, 0) is 11.3 Å². The van der Waals surface area contributed by atoms with Crippen molar-refractivity contribution in [3.63, 3.8) is 0 Å². The number of hydrogen-bond donors (Lipinski definition) is 2. The minimum Gasteiger partial charge on any atom is -0.354 e. The summed E-state index contributed by atoms with van der Waals surface area (Å²) < 4.78 is 0. The van der Waals surface area contributed by atoms with E-state index >= 15 is 0 Å². The van der Waals surface area contributed by atoms with Gasteiger partial charge in [-0.3, -0.25) is 24.8 Å². The number of nitrogens with one attached hydrogen (secondary N) is 2. The van der Waals surface area contributed by atoms with E-state index < -0.39 is 4.92 Å². The molecular weight excluding hydrogens is 418 g/mol.